The van der Waals surface area contributed by atoms with Crippen molar-refractivity contribution in [1.29, 1.82) is 0 Å². The van der Waals surface area contributed by atoms with Crippen LogP contribution in [0, 0.1) is 29.6 Å². The third kappa shape index (κ3) is 39.7. The maximum atomic E-state index is 14.3. The number of hydrogen-bond acceptors (Lipinski definition) is 21. The number of esters is 1. The summed E-state index contributed by atoms with van der Waals surface area (Å²) in [4.78, 5) is 81.5. The topological polar surface area (TPSA) is 380 Å². The van der Waals surface area contributed by atoms with Crippen molar-refractivity contribution in [3.8, 4) is 0 Å². The summed E-state index contributed by atoms with van der Waals surface area (Å²) in [5, 5.41) is 103. The normalized spacial score (nSPS) is 21.1. The molecular weight excluding hydrogens is 1350 g/mol. The van der Waals surface area contributed by atoms with E-state index in [1.807, 2.05) is 116 Å². The maximum absolute atomic E-state index is 14.3. The molecule has 0 aliphatic carbocycles. The van der Waals surface area contributed by atoms with Gasteiger partial charge in [-0.15, -0.1) is 0 Å². The van der Waals surface area contributed by atoms with E-state index >= 15 is 0 Å². The largest absolute Gasteiger partial charge is 0.462 e. The zero-order chi connectivity index (χ0) is 77.0. The number of allylic oxidation sites excluding steroid dienone is 11. The van der Waals surface area contributed by atoms with Gasteiger partial charge in [-0.3, -0.25) is 24.0 Å². The van der Waals surface area contributed by atoms with E-state index in [-0.39, 0.29) is 102 Å². The first-order valence-electron chi connectivity index (χ1n) is 36.3. The number of aliphatic hydroxyl groups is 8. The zero-order valence-corrected chi connectivity index (χ0v) is 63.6. The minimum Gasteiger partial charge on any atom is -0.462 e. The molecule has 0 aromatic heterocycles. The average Bonchev–Trinajstić information content (AvgIpc) is 0.783. The lowest BCUT2D eigenvalue weighted by Gasteiger charge is -2.45. The Bertz CT molecular complexity index is 2790. The van der Waals surface area contributed by atoms with Crippen LogP contribution in [0.5, 0.6) is 0 Å². The number of aliphatic hydroxyl groups excluding tert-OH is 7. The summed E-state index contributed by atoms with van der Waals surface area (Å²) in [7, 11) is 0. The fourth-order valence-electron chi connectivity index (χ4n) is 11.3. The van der Waals surface area contributed by atoms with Gasteiger partial charge >= 0.3 is 12.1 Å². The third-order valence-electron chi connectivity index (χ3n) is 17.2. The van der Waals surface area contributed by atoms with E-state index in [0.29, 0.717) is 12.2 Å². The molecule has 1 heterocycles. The van der Waals surface area contributed by atoms with Gasteiger partial charge in [-0.05, 0) is 95.6 Å². The van der Waals surface area contributed by atoms with Crippen LogP contribution in [0.2, 0.25) is 0 Å². The van der Waals surface area contributed by atoms with Crippen molar-refractivity contribution >= 4 is 47.5 Å². The quantitative estimate of drug-likeness (QED) is 0.0141. The standard InChI is InChI=1S/C77H125N5O20S/c1-14-17-19-20-21-22-23-24-28-32-61(101-56(12)99-53(9)16-3)46-68-70(67(88)48-77(96,102-68)47-60(85)44-66(87)65(86)34-33-58(83)43-59(84)45-69(89)100-55(11)54(10)71(90)52(8)29-18-15-2)75(94)79-37-39-97-38-36-78-72(91)64(42-57-30-26-25-27-31-57)81-74(93)63(41-50(4)5)80-73(92)62(35-40-103-13)82-76(95)98-49-51(6)7/h14-15,17-32,50-56,58-68,70-71,83-88,90,96H,2,16,33-49H2,1,3-13H3,(H,78,91)(H,79,94)(H,80,92)(H,81,93)(H,82,95). The van der Waals surface area contributed by atoms with Crippen molar-refractivity contribution in [2.75, 3.05) is 44.9 Å². The van der Waals surface area contributed by atoms with Crippen LogP contribution in [-0.4, -0.2) is 219 Å². The van der Waals surface area contributed by atoms with Crippen molar-refractivity contribution in [2.24, 2.45) is 29.6 Å². The lowest BCUT2D eigenvalue weighted by molar-refractivity contribution is -0.300. The summed E-state index contributed by atoms with van der Waals surface area (Å²) in [6.45, 7) is 23.8. The lowest BCUT2D eigenvalue weighted by Crippen LogP contribution is -2.58. The SMILES string of the molecule is C=CC=CC(C)C(O)C(C)C(C)OC(=O)CC(O)CC(O)CCC(O)C(O)CC(O)CC1(O)CC(O)C(C(=O)NCCOCCNC(=O)C(Cc2ccccc2)NC(=O)C(CC(C)C)NC(=O)C(CCSC)NC(=O)OCC(C)C)C(CC(C=CC=CC=CC=CC=CC)OC(C)OC(C)CC)O1. The Morgan fingerprint density at radius 2 is 1.33 bits per heavy atom. The molecule has 103 heavy (non-hydrogen) atoms. The minimum atomic E-state index is -2.30. The smallest absolute Gasteiger partial charge is 0.407 e. The van der Waals surface area contributed by atoms with Crippen molar-refractivity contribution in [3.63, 3.8) is 0 Å². The molecule has 1 fully saturated rings. The number of rotatable bonds is 52. The molecule has 584 valence electrons. The summed E-state index contributed by atoms with van der Waals surface area (Å²) < 4.78 is 35.4. The molecule has 13 N–H and O–H groups in total. The van der Waals surface area contributed by atoms with Gasteiger partial charge < -0.3 is 95.9 Å². The molecule has 25 nitrogen and oxygen atoms in total. The number of carbonyl (C=O) groups is 6. The third-order valence-corrected chi connectivity index (χ3v) is 17.8. The molecule has 1 aliphatic rings. The highest BCUT2D eigenvalue weighted by atomic mass is 32.2. The monoisotopic (exact) mass is 1470 g/mol. The van der Waals surface area contributed by atoms with Crippen molar-refractivity contribution in [1.82, 2.24) is 26.6 Å². The second-order valence-electron chi connectivity index (χ2n) is 27.5. The number of hydrogen-bond donors (Lipinski definition) is 13. The van der Waals surface area contributed by atoms with Gasteiger partial charge in [-0.1, -0.05) is 164 Å². The number of ether oxygens (including phenoxy) is 6. The van der Waals surface area contributed by atoms with E-state index in [4.69, 9.17) is 28.4 Å². The van der Waals surface area contributed by atoms with Crippen LogP contribution >= 0.6 is 11.8 Å². The fourth-order valence-corrected chi connectivity index (χ4v) is 11.8. The number of carbonyl (C=O) groups excluding carboxylic acids is 6. The lowest BCUT2D eigenvalue weighted by atomic mass is 9.82. The van der Waals surface area contributed by atoms with Crippen molar-refractivity contribution in [3.05, 3.63) is 121 Å². The Kier molecular flexibility index (Phi) is 46.9. The number of thioether (sulfide) groups is 1. The highest BCUT2D eigenvalue weighted by Gasteiger charge is 2.50. The Hall–Kier alpha value is -6.11. The fraction of sp³-hybridized carbons (Fsp3) is 0.662. The number of alkyl carbamates (subject to hydrolysis) is 1. The number of amides is 5. The Morgan fingerprint density at radius 3 is 1.95 bits per heavy atom. The Balaban J connectivity index is 2.27. The van der Waals surface area contributed by atoms with Crippen LogP contribution in [-0.2, 0) is 58.8 Å². The molecule has 1 aromatic rings. The molecule has 1 saturated heterocycles. The number of benzene rings is 1. The van der Waals surface area contributed by atoms with Crippen LogP contribution in [0.1, 0.15) is 152 Å². The van der Waals surface area contributed by atoms with Gasteiger partial charge in [0, 0.05) is 57.0 Å². The molecular formula is C77H125N5O20S. The maximum Gasteiger partial charge on any atom is 0.407 e. The van der Waals surface area contributed by atoms with E-state index in [2.05, 4.69) is 33.2 Å². The molecule has 0 bridgehead atoms. The van der Waals surface area contributed by atoms with Crippen molar-refractivity contribution < 1.29 is 98.0 Å². The molecule has 1 aromatic carbocycles. The second-order valence-corrected chi connectivity index (χ2v) is 28.5. The first-order chi connectivity index (χ1) is 48.8. The summed E-state index contributed by atoms with van der Waals surface area (Å²) >= 11 is 1.49. The molecule has 0 saturated carbocycles. The highest BCUT2D eigenvalue weighted by Crippen LogP contribution is 2.38. The van der Waals surface area contributed by atoms with Crippen molar-refractivity contribution in [2.45, 2.75) is 251 Å². The van der Waals surface area contributed by atoms with Gasteiger partial charge in [0.05, 0.1) is 93.2 Å². The Morgan fingerprint density at radius 1 is 0.699 bits per heavy atom. The molecule has 19 unspecified atom stereocenters. The van der Waals surface area contributed by atoms with Crippen LogP contribution < -0.4 is 26.6 Å². The summed E-state index contributed by atoms with van der Waals surface area (Å²) in [5.74, 6) is -6.89. The summed E-state index contributed by atoms with van der Waals surface area (Å²) in [6.07, 6.45) is 9.49. The molecule has 0 spiro atoms. The van der Waals surface area contributed by atoms with E-state index in [9.17, 15) is 69.6 Å². The molecule has 0 radical (unpaired) electrons. The van der Waals surface area contributed by atoms with Gasteiger partial charge in [-0.2, -0.15) is 11.8 Å². The predicted octanol–water partition coefficient (Wildman–Crippen LogP) is 6.64. The van der Waals surface area contributed by atoms with E-state index in [0.717, 1.165) is 5.56 Å². The zero-order valence-electron chi connectivity index (χ0n) is 62.8. The predicted molar refractivity (Wildman–Crippen MR) is 398 cm³/mol. The molecule has 5 amide bonds. The molecule has 2 rings (SSSR count). The van der Waals surface area contributed by atoms with E-state index in [1.165, 1.54) is 11.8 Å². The van der Waals surface area contributed by atoms with Gasteiger partial charge in [0.2, 0.25) is 23.6 Å². The van der Waals surface area contributed by atoms with Crippen LogP contribution in [0.25, 0.3) is 0 Å². The second kappa shape index (κ2) is 52.0. The number of nitrogens with one attached hydrogen (secondary N) is 5. The molecule has 19 atom stereocenters. The van der Waals surface area contributed by atoms with Gasteiger partial charge in [0.25, 0.3) is 0 Å². The van der Waals surface area contributed by atoms with E-state index in [1.54, 1.807) is 75.4 Å². The van der Waals surface area contributed by atoms with Gasteiger partial charge in [0.1, 0.15) is 24.2 Å². The first kappa shape index (κ1) is 93.0. The first-order valence-corrected chi connectivity index (χ1v) is 37.7. The summed E-state index contributed by atoms with van der Waals surface area (Å²) in [6, 6.07) is 5.91. The van der Waals surface area contributed by atoms with E-state index < -0.39 is 164 Å². The highest BCUT2D eigenvalue weighted by molar-refractivity contribution is 7.98. The van der Waals surface area contributed by atoms with Gasteiger partial charge in [0.15, 0.2) is 12.1 Å². The van der Waals surface area contributed by atoms with Gasteiger partial charge in [-0.25, -0.2) is 4.79 Å². The summed E-state index contributed by atoms with van der Waals surface area (Å²) in [5.41, 5.74) is 0.750. The van der Waals surface area contributed by atoms with Crippen LogP contribution in [0.3, 0.4) is 0 Å². The average molecular weight is 1470 g/mol. The molecule has 26 heteroatoms. The molecule has 1 aliphatic heterocycles. The van der Waals surface area contributed by atoms with Crippen LogP contribution in [0.15, 0.2) is 116 Å². The van der Waals surface area contributed by atoms with Crippen LogP contribution in [0.4, 0.5) is 4.79 Å². The Labute approximate surface area is 615 Å². The minimum absolute atomic E-state index is 0.0146.